The highest BCUT2D eigenvalue weighted by atomic mass is 79.9. The van der Waals surface area contributed by atoms with Crippen molar-refractivity contribution >= 4 is 47.8 Å². The third-order valence-electron chi connectivity index (χ3n) is 2.36. The van der Waals surface area contributed by atoms with Crippen LogP contribution in [0.25, 0.3) is 0 Å². The Kier molecular flexibility index (Phi) is 7.07. The molecule has 0 saturated heterocycles. The Hall–Kier alpha value is 0.420. The zero-order chi connectivity index (χ0) is 12.8. The first kappa shape index (κ1) is 15.5. The van der Waals surface area contributed by atoms with Gasteiger partial charge in [0.1, 0.15) is 5.75 Å². The van der Waals surface area contributed by atoms with Crippen molar-refractivity contribution in [3.8, 4) is 5.75 Å². The number of rotatable bonds is 6. The van der Waals surface area contributed by atoms with Crippen molar-refractivity contribution in [2.45, 2.75) is 32.3 Å². The van der Waals surface area contributed by atoms with Gasteiger partial charge in [-0.15, -0.1) is 0 Å². The summed E-state index contributed by atoms with van der Waals surface area (Å²) < 4.78 is 8.51. The van der Waals surface area contributed by atoms with E-state index in [0.717, 1.165) is 38.4 Å². The molecule has 0 spiro atoms. The van der Waals surface area contributed by atoms with E-state index >= 15 is 0 Å². The minimum absolute atomic E-state index is 0.213. The van der Waals surface area contributed by atoms with Gasteiger partial charge >= 0.3 is 0 Å². The lowest BCUT2D eigenvalue weighted by molar-refractivity contribution is 0.148. The van der Waals surface area contributed by atoms with Crippen LogP contribution in [0.4, 0.5) is 0 Å². The average molecular weight is 431 g/mol. The van der Waals surface area contributed by atoms with Crippen LogP contribution in [0.1, 0.15) is 26.2 Å². The van der Waals surface area contributed by atoms with Gasteiger partial charge in [-0.3, -0.25) is 0 Å². The lowest BCUT2D eigenvalue weighted by Gasteiger charge is -2.12. The van der Waals surface area contributed by atoms with Gasteiger partial charge in [-0.2, -0.15) is 0 Å². The van der Waals surface area contributed by atoms with E-state index in [1.54, 1.807) is 0 Å². The molecule has 1 atom stereocenters. The Balaban J connectivity index is 2.47. The number of ether oxygens (including phenoxy) is 1. The van der Waals surface area contributed by atoms with Gasteiger partial charge in [-0.25, -0.2) is 0 Å². The van der Waals surface area contributed by atoms with E-state index in [4.69, 9.17) is 4.74 Å². The van der Waals surface area contributed by atoms with E-state index in [1.807, 2.05) is 19.1 Å². The van der Waals surface area contributed by atoms with Gasteiger partial charge in [-0.05, 0) is 63.3 Å². The van der Waals surface area contributed by atoms with Crippen LogP contribution in [-0.2, 0) is 0 Å². The quantitative estimate of drug-likeness (QED) is 0.650. The summed E-state index contributed by atoms with van der Waals surface area (Å²) in [5.41, 5.74) is 0. The molecular weight excluding hydrogens is 416 g/mol. The molecule has 1 aromatic rings. The highest BCUT2D eigenvalue weighted by molar-refractivity contribution is 9.11. The summed E-state index contributed by atoms with van der Waals surface area (Å²) in [5, 5.41) is 9.42. The molecule has 0 fully saturated rings. The van der Waals surface area contributed by atoms with Gasteiger partial charge in [0, 0.05) is 4.47 Å². The van der Waals surface area contributed by atoms with Gasteiger partial charge in [0.25, 0.3) is 0 Å². The summed E-state index contributed by atoms with van der Waals surface area (Å²) in [7, 11) is 0. The first-order chi connectivity index (χ1) is 8.04. The molecule has 2 nitrogen and oxygen atoms in total. The number of hydrogen-bond acceptors (Lipinski definition) is 2. The zero-order valence-corrected chi connectivity index (χ0v) is 14.3. The molecule has 0 bridgehead atoms. The van der Waals surface area contributed by atoms with Gasteiger partial charge < -0.3 is 9.84 Å². The molecule has 0 saturated carbocycles. The second-order valence-corrected chi connectivity index (χ2v) is 6.38. The standard InChI is InChI=1S/C12H15Br3O2/c1-2-9(16)4-3-5-17-12-10(14)6-8(13)7-11(12)15/h6-7,9,16H,2-5H2,1H3. The topological polar surface area (TPSA) is 29.5 Å². The maximum absolute atomic E-state index is 9.42. The van der Waals surface area contributed by atoms with Crippen molar-refractivity contribution in [2.24, 2.45) is 0 Å². The zero-order valence-electron chi connectivity index (χ0n) is 9.55. The maximum Gasteiger partial charge on any atom is 0.147 e. The smallest absolute Gasteiger partial charge is 0.147 e. The molecule has 0 aliphatic heterocycles. The van der Waals surface area contributed by atoms with Crippen LogP contribution in [0.2, 0.25) is 0 Å². The van der Waals surface area contributed by atoms with Gasteiger partial charge in [0.2, 0.25) is 0 Å². The largest absolute Gasteiger partial charge is 0.491 e. The summed E-state index contributed by atoms with van der Waals surface area (Å²) in [6.45, 7) is 2.59. The van der Waals surface area contributed by atoms with Crippen LogP contribution in [-0.4, -0.2) is 17.8 Å². The van der Waals surface area contributed by atoms with E-state index in [-0.39, 0.29) is 6.10 Å². The Morgan fingerprint density at radius 2 is 1.82 bits per heavy atom. The number of halogens is 3. The minimum atomic E-state index is -0.213. The van der Waals surface area contributed by atoms with E-state index in [0.29, 0.717) is 6.61 Å². The lowest BCUT2D eigenvalue weighted by Crippen LogP contribution is -2.07. The van der Waals surface area contributed by atoms with Crippen LogP contribution in [0, 0.1) is 0 Å². The van der Waals surface area contributed by atoms with Gasteiger partial charge in [0.05, 0.1) is 21.7 Å². The summed E-state index contributed by atoms with van der Waals surface area (Å²) in [5.74, 6) is 0.805. The summed E-state index contributed by atoms with van der Waals surface area (Å²) >= 11 is 10.3. The minimum Gasteiger partial charge on any atom is -0.491 e. The summed E-state index contributed by atoms with van der Waals surface area (Å²) in [4.78, 5) is 0. The molecule has 17 heavy (non-hydrogen) atoms. The van der Waals surface area contributed by atoms with Gasteiger partial charge in [-0.1, -0.05) is 22.9 Å². The third-order valence-corrected chi connectivity index (χ3v) is 4.00. The average Bonchev–Trinajstić information content (AvgIpc) is 2.26. The normalized spacial score (nSPS) is 12.5. The molecule has 1 unspecified atom stereocenters. The molecule has 0 radical (unpaired) electrons. The Morgan fingerprint density at radius 3 is 2.35 bits per heavy atom. The van der Waals surface area contributed by atoms with Crippen LogP contribution in [0.15, 0.2) is 25.6 Å². The number of aliphatic hydroxyl groups is 1. The fourth-order valence-corrected chi connectivity index (χ4v) is 3.85. The number of aliphatic hydroxyl groups excluding tert-OH is 1. The summed E-state index contributed by atoms with van der Waals surface area (Å²) in [6.07, 6.45) is 2.22. The van der Waals surface area contributed by atoms with Gasteiger partial charge in [0.15, 0.2) is 0 Å². The molecule has 0 aliphatic carbocycles. The Bertz CT molecular complexity index is 346. The fraction of sp³-hybridized carbons (Fsp3) is 0.500. The highest BCUT2D eigenvalue weighted by Crippen LogP contribution is 2.36. The van der Waals surface area contributed by atoms with Crippen molar-refractivity contribution in [3.63, 3.8) is 0 Å². The molecule has 0 heterocycles. The van der Waals surface area contributed by atoms with Crippen LogP contribution in [0.3, 0.4) is 0 Å². The van der Waals surface area contributed by atoms with Crippen molar-refractivity contribution in [1.29, 1.82) is 0 Å². The van der Waals surface area contributed by atoms with Crippen molar-refractivity contribution in [3.05, 3.63) is 25.6 Å². The van der Waals surface area contributed by atoms with Crippen LogP contribution in [0.5, 0.6) is 5.75 Å². The monoisotopic (exact) mass is 428 g/mol. The lowest BCUT2D eigenvalue weighted by atomic mass is 10.1. The Morgan fingerprint density at radius 1 is 1.24 bits per heavy atom. The second kappa shape index (κ2) is 7.77. The molecule has 5 heteroatoms. The maximum atomic E-state index is 9.42. The van der Waals surface area contributed by atoms with Crippen molar-refractivity contribution < 1.29 is 9.84 Å². The van der Waals surface area contributed by atoms with Crippen LogP contribution >= 0.6 is 47.8 Å². The summed E-state index contributed by atoms with van der Waals surface area (Å²) in [6, 6.07) is 3.89. The molecular formula is C12H15Br3O2. The van der Waals surface area contributed by atoms with E-state index in [9.17, 15) is 5.11 Å². The predicted octanol–water partition coefficient (Wildman–Crippen LogP) is 4.90. The molecule has 1 aromatic carbocycles. The van der Waals surface area contributed by atoms with Crippen molar-refractivity contribution in [1.82, 2.24) is 0 Å². The molecule has 1 N–H and O–H groups in total. The molecule has 0 amide bonds. The molecule has 1 rings (SSSR count). The first-order valence-corrected chi connectivity index (χ1v) is 7.88. The molecule has 0 aliphatic rings. The SMILES string of the molecule is CCC(O)CCCOc1c(Br)cc(Br)cc1Br. The number of hydrogen-bond donors (Lipinski definition) is 1. The van der Waals surface area contributed by atoms with Crippen LogP contribution < -0.4 is 4.74 Å². The first-order valence-electron chi connectivity index (χ1n) is 5.50. The van der Waals surface area contributed by atoms with Crippen molar-refractivity contribution in [2.75, 3.05) is 6.61 Å². The van der Waals surface area contributed by atoms with E-state index < -0.39 is 0 Å². The highest BCUT2D eigenvalue weighted by Gasteiger charge is 2.08. The Labute approximate surface area is 127 Å². The third kappa shape index (κ3) is 5.28. The predicted molar refractivity (Wildman–Crippen MR) is 80.6 cm³/mol. The van der Waals surface area contributed by atoms with E-state index in [1.165, 1.54) is 0 Å². The number of benzene rings is 1. The molecule has 96 valence electrons. The second-order valence-electron chi connectivity index (χ2n) is 3.75. The molecule has 0 aromatic heterocycles. The fourth-order valence-electron chi connectivity index (χ4n) is 1.36. The van der Waals surface area contributed by atoms with E-state index in [2.05, 4.69) is 47.8 Å².